The highest BCUT2D eigenvalue weighted by Gasteiger charge is 2.29. The average Bonchev–Trinajstić information content (AvgIpc) is 2.71. The average molecular weight is 399 g/mol. The molecule has 1 atom stereocenters. The first-order valence-corrected chi connectivity index (χ1v) is 10.3. The summed E-state index contributed by atoms with van der Waals surface area (Å²) in [5, 5.41) is 2.98. The van der Waals surface area contributed by atoms with Gasteiger partial charge in [-0.25, -0.2) is 4.39 Å². The first-order valence-electron chi connectivity index (χ1n) is 10.3. The molecule has 2 amide bonds. The summed E-state index contributed by atoms with van der Waals surface area (Å²) < 4.78 is 13.3. The van der Waals surface area contributed by atoms with Crippen molar-refractivity contribution < 1.29 is 14.0 Å². The minimum absolute atomic E-state index is 0.0718. The van der Waals surface area contributed by atoms with Crippen LogP contribution in [0.3, 0.4) is 0 Å². The molecule has 4 nitrogen and oxygen atoms in total. The summed E-state index contributed by atoms with van der Waals surface area (Å²) in [5.74, 6) is -0.240. The van der Waals surface area contributed by atoms with Gasteiger partial charge in [-0.2, -0.15) is 0 Å². The third-order valence-corrected chi connectivity index (χ3v) is 4.69. The third-order valence-electron chi connectivity index (χ3n) is 4.69. The number of carbonyl (C=O) groups excluding carboxylic acids is 2. The van der Waals surface area contributed by atoms with Crippen molar-refractivity contribution in [2.45, 2.75) is 52.6 Å². The highest BCUT2D eigenvalue weighted by Crippen LogP contribution is 2.17. The van der Waals surface area contributed by atoms with Gasteiger partial charge in [-0.15, -0.1) is 0 Å². The minimum atomic E-state index is -0.625. The maximum absolute atomic E-state index is 13.3. The molecular weight excluding hydrogens is 367 g/mol. The Kier molecular flexibility index (Phi) is 8.84. The Labute approximate surface area is 173 Å². The second-order valence-electron chi connectivity index (χ2n) is 7.74. The Morgan fingerprint density at radius 3 is 2.24 bits per heavy atom. The molecule has 5 heteroatoms. The Morgan fingerprint density at radius 2 is 1.66 bits per heavy atom. The summed E-state index contributed by atoms with van der Waals surface area (Å²) in [6.45, 7) is 6.83. The highest BCUT2D eigenvalue weighted by atomic mass is 19.1. The zero-order valence-corrected chi connectivity index (χ0v) is 17.5. The molecule has 0 aromatic heterocycles. The zero-order valence-electron chi connectivity index (χ0n) is 17.5. The number of hydrogen-bond acceptors (Lipinski definition) is 2. The molecule has 0 aliphatic heterocycles. The minimum Gasteiger partial charge on any atom is -0.354 e. The molecule has 0 spiro atoms. The fraction of sp³-hybridized carbons (Fsp3) is 0.417. The number of hydrogen-bond donors (Lipinski definition) is 1. The molecule has 0 aliphatic carbocycles. The van der Waals surface area contributed by atoms with Crippen molar-refractivity contribution >= 4 is 11.8 Å². The van der Waals surface area contributed by atoms with Gasteiger partial charge in [0.05, 0.1) is 0 Å². The van der Waals surface area contributed by atoms with Gasteiger partial charge in [0.1, 0.15) is 11.9 Å². The van der Waals surface area contributed by atoms with E-state index >= 15 is 0 Å². The second kappa shape index (κ2) is 11.3. The zero-order chi connectivity index (χ0) is 21.2. The van der Waals surface area contributed by atoms with Gasteiger partial charge in [0, 0.05) is 25.9 Å². The molecule has 2 aromatic carbocycles. The van der Waals surface area contributed by atoms with Crippen molar-refractivity contribution in [3.8, 4) is 0 Å². The molecule has 0 saturated carbocycles. The molecule has 0 aliphatic rings. The van der Waals surface area contributed by atoms with Crippen LogP contribution in [-0.2, 0) is 22.6 Å². The summed E-state index contributed by atoms with van der Waals surface area (Å²) >= 11 is 0. The SMILES string of the molecule is CCCC(=O)N(Cc1ccc(F)cc1)[C@@H](Cc1ccccc1)C(=O)NCC(C)C. The number of carbonyl (C=O) groups is 2. The van der Waals surface area contributed by atoms with Gasteiger partial charge in [-0.3, -0.25) is 9.59 Å². The van der Waals surface area contributed by atoms with Crippen LogP contribution in [0.25, 0.3) is 0 Å². The molecule has 2 aromatic rings. The molecule has 156 valence electrons. The van der Waals surface area contributed by atoms with E-state index in [4.69, 9.17) is 0 Å². The van der Waals surface area contributed by atoms with Crippen molar-refractivity contribution in [3.05, 3.63) is 71.5 Å². The number of nitrogens with zero attached hydrogens (tertiary/aromatic N) is 1. The number of nitrogens with one attached hydrogen (secondary N) is 1. The number of halogens is 1. The van der Waals surface area contributed by atoms with Gasteiger partial charge in [0.15, 0.2) is 0 Å². The molecule has 0 unspecified atom stereocenters. The van der Waals surface area contributed by atoms with Gasteiger partial charge in [-0.1, -0.05) is 63.2 Å². The Hall–Kier alpha value is -2.69. The van der Waals surface area contributed by atoms with Crippen LogP contribution in [0.2, 0.25) is 0 Å². The van der Waals surface area contributed by atoms with E-state index in [1.165, 1.54) is 12.1 Å². The summed E-state index contributed by atoms with van der Waals surface area (Å²) in [4.78, 5) is 27.7. The molecule has 0 heterocycles. The fourth-order valence-corrected chi connectivity index (χ4v) is 3.12. The molecule has 0 bridgehead atoms. The summed E-state index contributed by atoms with van der Waals surface area (Å²) in [6.07, 6.45) is 1.50. The van der Waals surface area contributed by atoms with E-state index < -0.39 is 6.04 Å². The van der Waals surface area contributed by atoms with Gasteiger partial charge in [0.25, 0.3) is 0 Å². The predicted molar refractivity (Wildman–Crippen MR) is 114 cm³/mol. The van der Waals surface area contributed by atoms with Gasteiger partial charge in [-0.05, 0) is 35.6 Å². The second-order valence-corrected chi connectivity index (χ2v) is 7.74. The molecule has 0 radical (unpaired) electrons. The van der Waals surface area contributed by atoms with Crippen LogP contribution in [0.4, 0.5) is 4.39 Å². The highest BCUT2D eigenvalue weighted by molar-refractivity contribution is 5.88. The largest absolute Gasteiger partial charge is 0.354 e. The maximum atomic E-state index is 13.3. The molecular formula is C24H31FN2O2. The third kappa shape index (κ3) is 7.33. The smallest absolute Gasteiger partial charge is 0.243 e. The van der Waals surface area contributed by atoms with Gasteiger partial charge in [0.2, 0.25) is 11.8 Å². The quantitative estimate of drug-likeness (QED) is 0.647. The first-order chi connectivity index (χ1) is 13.9. The molecule has 0 saturated heterocycles. The monoisotopic (exact) mass is 398 g/mol. The van der Waals surface area contributed by atoms with Crippen LogP contribution in [0, 0.1) is 11.7 Å². The van der Waals surface area contributed by atoms with Crippen LogP contribution in [0.5, 0.6) is 0 Å². The predicted octanol–water partition coefficient (Wildman–Crippen LogP) is 4.34. The lowest BCUT2D eigenvalue weighted by molar-refractivity contribution is -0.141. The van der Waals surface area contributed by atoms with Crippen LogP contribution >= 0.6 is 0 Å². The summed E-state index contributed by atoms with van der Waals surface area (Å²) in [7, 11) is 0. The normalized spacial score (nSPS) is 11.9. The van der Waals surface area contributed by atoms with E-state index in [1.807, 2.05) is 51.1 Å². The van der Waals surface area contributed by atoms with Crippen molar-refractivity contribution in [2.24, 2.45) is 5.92 Å². The maximum Gasteiger partial charge on any atom is 0.243 e. The van der Waals surface area contributed by atoms with E-state index in [0.29, 0.717) is 31.7 Å². The number of rotatable bonds is 10. The van der Waals surface area contributed by atoms with Crippen molar-refractivity contribution in [1.29, 1.82) is 0 Å². The van der Waals surface area contributed by atoms with E-state index in [-0.39, 0.29) is 24.2 Å². The van der Waals surface area contributed by atoms with Crippen LogP contribution in [0.15, 0.2) is 54.6 Å². The number of benzene rings is 2. The van der Waals surface area contributed by atoms with E-state index in [1.54, 1.807) is 17.0 Å². The lowest BCUT2D eigenvalue weighted by atomic mass is 10.0. The first kappa shape index (κ1) is 22.6. The van der Waals surface area contributed by atoms with E-state index in [2.05, 4.69) is 5.32 Å². The molecule has 29 heavy (non-hydrogen) atoms. The fourth-order valence-electron chi connectivity index (χ4n) is 3.12. The summed E-state index contributed by atoms with van der Waals surface area (Å²) in [5.41, 5.74) is 1.79. The van der Waals surface area contributed by atoms with Crippen LogP contribution < -0.4 is 5.32 Å². The summed E-state index contributed by atoms with van der Waals surface area (Å²) in [6, 6.07) is 15.2. The Balaban J connectivity index is 2.33. The van der Waals surface area contributed by atoms with Crippen molar-refractivity contribution in [3.63, 3.8) is 0 Å². The van der Waals surface area contributed by atoms with Crippen LogP contribution in [0.1, 0.15) is 44.7 Å². The van der Waals surface area contributed by atoms with E-state index in [0.717, 1.165) is 11.1 Å². The van der Waals surface area contributed by atoms with Crippen LogP contribution in [-0.4, -0.2) is 29.3 Å². The molecule has 1 N–H and O–H groups in total. The van der Waals surface area contributed by atoms with Crippen molar-refractivity contribution in [2.75, 3.05) is 6.54 Å². The standard InChI is InChI=1S/C24H31FN2O2/c1-4-8-23(28)27(17-20-11-13-21(25)14-12-20)22(24(29)26-16-18(2)3)15-19-9-6-5-7-10-19/h5-7,9-14,18,22H,4,8,15-17H2,1-3H3,(H,26,29)/t22-/m0/s1. The lowest BCUT2D eigenvalue weighted by Crippen LogP contribution is -2.51. The topological polar surface area (TPSA) is 49.4 Å². The Bertz CT molecular complexity index is 775. The van der Waals surface area contributed by atoms with E-state index in [9.17, 15) is 14.0 Å². The lowest BCUT2D eigenvalue weighted by Gasteiger charge is -2.32. The van der Waals surface area contributed by atoms with Gasteiger partial charge >= 0.3 is 0 Å². The number of amides is 2. The van der Waals surface area contributed by atoms with Crippen molar-refractivity contribution in [1.82, 2.24) is 10.2 Å². The Morgan fingerprint density at radius 1 is 1.00 bits per heavy atom. The molecule has 0 fully saturated rings. The van der Waals surface area contributed by atoms with Gasteiger partial charge < -0.3 is 10.2 Å². The molecule has 2 rings (SSSR count).